The molecule has 0 saturated carbocycles. The number of aliphatic imine (C=N–C) groups is 1. The summed E-state index contributed by atoms with van der Waals surface area (Å²) in [6, 6.07) is 18.7. The number of amidine groups is 3. The number of carbonyl (C=O) groups excluding carboxylic acids is 1. The van der Waals surface area contributed by atoms with Gasteiger partial charge in [0.25, 0.3) is 5.91 Å². The van der Waals surface area contributed by atoms with E-state index in [1.165, 1.54) is 17.8 Å². The second kappa shape index (κ2) is 9.23. The first-order chi connectivity index (χ1) is 16.0. The zero-order valence-electron chi connectivity index (χ0n) is 16.8. The van der Waals surface area contributed by atoms with Crippen LogP contribution in [0.1, 0.15) is 11.3 Å². The predicted molar refractivity (Wildman–Crippen MR) is 137 cm³/mol. The number of thioether (sulfide) groups is 1. The highest BCUT2D eigenvalue weighted by molar-refractivity contribution is 8.18. The number of nitrogens with one attached hydrogen (secondary N) is 1. The summed E-state index contributed by atoms with van der Waals surface area (Å²) in [4.78, 5) is 18.3. The third-order valence-electron chi connectivity index (χ3n) is 4.82. The lowest BCUT2D eigenvalue weighted by Crippen LogP contribution is -2.41. The Balaban J connectivity index is 1.38. The molecule has 0 bridgehead atoms. The fraction of sp³-hybridized carbons (Fsp3) is 0.0435. The maximum atomic E-state index is 12.6. The van der Waals surface area contributed by atoms with E-state index in [0.29, 0.717) is 37.7 Å². The Hall–Kier alpha value is -2.78. The van der Waals surface area contributed by atoms with E-state index in [-0.39, 0.29) is 11.4 Å². The van der Waals surface area contributed by atoms with E-state index < -0.39 is 5.91 Å². The summed E-state index contributed by atoms with van der Waals surface area (Å²) in [6.45, 7) is 0. The predicted octanol–water partition coefficient (Wildman–Crippen LogP) is 6.76. The Morgan fingerprint density at radius 2 is 1.91 bits per heavy atom. The molecule has 3 aromatic rings. The molecule has 0 fully saturated rings. The van der Waals surface area contributed by atoms with Gasteiger partial charge in [-0.05, 0) is 42.0 Å². The minimum atomic E-state index is -0.504. The Labute approximate surface area is 208 Å². The first kappa shape index (κ1) is 22.0. The Morgan fingerprint density at radius 1 is 1.09 bits per heavy atom. The number of furan rings is 1. The molecule has 3 heterocycles. The van der Waals surface area contributed by atoms with Crippen molar-refractivity contribution in [3.63, 3.8) is 0 Å². The van der Waals surface area contributed by atoms with Crippen molar-refractivity contribution in [2.24, 2.45) is 9.39 Å². The molecular weight excluding hydrogens is 499 g/mol. The number of carbonyl (C=O) groups is 1. The highest BCUT2D eigenvalue weighted by atomic mass is 35.5. The van der Waals surface area contributed by atoms with Gasteiger partial charge in [-0.2, -0.15) is 9.39 Å². The quantitative estimate of drug-likeness (QED) is 0.308. The largest absolute Gasteiger partial charge is 0.457 e. The fourth-order valence-corrected chi connectivity index (χ4v) is 5.29. The van der Waals surface area contributed by atoms with Gasteiger partial charge in [-0.1, -0.05) is 65.3 Å². The summed E-state index contributed by atoms with van der Waals surface area (Å²) in [5, 5.41) is 10.5. The highest BCUT2D eigenvalue weighted by Crippen LogP contribution is 2.34. The molecule has 0 atom stereocenters. The third kappa shape index (κ3) is 4.52. The summed E-state index contributed by atoms with van der Waals surface area (Å²) >= 11 is 14.7. The number of benzene rings is 2. The van der Waals surface area contributed by atoms with Crippen molar-refractivity contribution in [3.8, 4) is 11.3 Å². The van der Waals surface area contributed by atoms with Crippen molar-refractivity contribution in [1.29, 1.82) is 5.41 Å². The van der Waals surface area contributed by atoms with E-state index in [0.717, 1.165) is 23.1 Å². The van der Waals surface area contributed by atoms with Crippen LogP contribution < -0.4 is 0 Å². The molecule has 1 aromatic heterocycles. The molecule has 1 N–H and O–H groups in total. The number of rotatable bonds is 4. The standard InChI is InChI=1S/C23H14Cl2N4O2S2/c24-17-8-6-14(10-18(17)25)19-9-7-15(31-19)11-16-20(26)29-22(27-21(16)30)33-28-23(29)32-12-13-4-2-1-3-5-13/h1-11,26H,12H2. The normalized spacial score (nSPS) is 16.8. The maximum Gasteiger partial charge on any atom is 0.283 e. The van der Waals surface area contributed by atoms with E-state index in [1.807, 2.05) is 30.3 Å². The molecule has 0 aliphatic carbocycles. The average molecular weight is 513 g/mol. The van der Waals surface area contributed by atoms with Gasteiger partial charge in [0.2, 0.25) is 5.17 Å². The van der Waals surface area contributed by atoms with Crippen LogP contribution in [0.15, 0.2) is 80.0 Å². The number of nitrogens with zero attached hydrogens (tertiary/aromatic N) is 3. The third-order valence-corrected chi connectivity index (χ3v) is 7.39. The molecular formula is C23H14Cl2N4O2S2. The minimum absolute atomic E-state index is 0.0156. The topological polar surface area (TPSA) is 82.0 Å². The zero-order valence-corrected chi connectivity index (χ0v) is 19.9. The van der Waals surface area contributed by atoms with Gasteiger partial charge in [-0.15, -0.1) is 0 Å². The maximum absolute atomic E-state index is 12.6. The molecule has 10 heteroatoms. The van der Waals surface area contributed by atoms with Crippen molar-refractivity contribution in [1.82, 2.24) is 4.90 Å². The number of fused-ring (bicyclic) bond motifs is 1. The van der Waals surface area contributed by atoms with Crippen LogP contribution in [0.2, 0.25) is 10.0 Å². The van der Waals surface area contributed by atoms with Gasteiger partial charge >= 0.3 is 0 Å². The number of hydrogen-bond donors (Lipinski definition) is 1. The summed E-state index contributed by atoms with van der Waals surface area (Å²) in [5.41, 5.74) is 2.02. The van der Waals surface area contributed by atoms with Crippen molar-refractivity contribution in [2.45, 2.75) is 5.75 Å². The van der Waals surface area contributed by atoms with Gasteiger partial charge in [0.15, 0.2) is 5.17 Å². The SMILES string of the molecule is N=C1C(=Cc2ccc(-c3ccc(Cl)c(Cl)c3)o2)C(=O)N=C2SN=C(SCc3ccccc3)N12. The van der Waals surface area contributed by atoms with E-state index in [2.05, 4.69) is 9.39 Å². The van der Waals surface area contributed by atoms with Crippen molar-refractivity contribution >= 4 is 75.1 Å². The van der Waals surface area contributed by atoms with E-state index >= 15 is 0 Å². The monoisotopic (exact) mass is 512 g/mol. The van der Waals surface area contributed by atoms with E-state index in [9.17, 15) is 4.79 Å². The first-order valence-corrected chi connectivity index (χ1v) is 12.2. The molecule has 0 radical (unpaired) electrons. The fourth-order valence-electron chi connectivity index (χ4n) is 3.19. The molecule has 6 nitrogen and oxygen atoms in total. The van der Waals surface area contributed by atoms with Crippen LogP contribution in [0.3, 0.4) is 0 Å². The molecule has 2 aromatic carbocycles. The lowest BCUT2D eigenvalue weighted by molar-refractivity contribution is -0.114. The van der Waals surface area contributed by atoms with Crippen LogP contribution in [-0.4, -0.2) is 27.0 Å². The summed E-state index contributed by atoms with van der Waals surface area (Å²) in [7, 11) is 0. The second-order valence-corrected chi connectivity index (χ2v) is 9.50. The molecule has 0 saturated heterocycles. The van der Waals surface area contributed by atoms with Crippen molar-refractivity contribution < 1.29 is 9.21 Å². The van der Waals surface area contributed by atoms with Crippen LogP contribution in [0.4, 0.5) is 0 Å². The number of halogens is 2. The van der Waals surface area contributed by atoms with E-state index in [4.69, 9.17) is 33.0 Å². The van der Waals surface area contributed by atoms with Crippen LogP contribution >= 0.6 is 46.9 Å². The molecule has 5 rings (SSSR count). The molecule has 2 aliphatic rings. The first-order valence-electron chi connectivity index (χ1n) is 9.70. The van der Waals surface area contributed by atoms with Gasteiger partial charge in [-0.25, -0.2) is 4.90 Å². The van der Waals surface area contributed by atoms with Crippen LogP contribution in [0.5, 0.6) is 0 Å². The summed E-state index contributed by atoms with van der Waals surface area (Å²) < 4.78 is 10.3. The Kier molecular flexibility index (Phi) is 6.16. The average Bonchev–Trinajstić information content (AvgIpc) is 3.45. The lowest BCUT2D eigenvalue weighted by atomic mass is 10.1. The molecule has 164 valence electrons. The van der Waals surface area contributed by atoms with Crippen LogP contribution in [0, 0.1) is 5.41 Å². The van der Waals surface area contributed by atoms with Crippen LogP contribution in [-0.2, 0) is 10.5 Å². The Morgan fingerprint density at radius 3 is 2.70 bits per heavy atom. The lowest BCUT2D eigenvalue weighted by Gasteiger charge is -2.24. The molecule has 33 heavy (non-hydrogen) atoms. The molecule has 2 aliphatic heterocycles. The highest BCUT2D eigenvalue weighted by Gasteiger charge is 2.37. The van der Waals surface area contributed by atoms with Gasteiger partial charge in [0.1, 0.15) is 17.4 Å². The Bertz CT molecular complexity index is 1370. The van der Waals surface area contributed by atoms with Gasteiger partial charge in [0, 0.05) is 11.3 Å². The van der Waals surface area contributed by atoms with E-state index in [1.54, 1.807) is 35.2 Å². The van der Waals surface area contributed by atoms with Crippen molar-refractivity contribution in [3.05, 3.63) is 87.6 Å². The number of hydrogen-bond acceptors (Lipinski definition) is 6. The van der Waals surface area contributed by atoms with Crippen molar-refractivity contribution in [2.75, 3.05) is 0 Å². The smallest absolute Gasteiger partial charge is 0.283 e. The second-order valence-electron chi connectivity index (χ2n) is 7.01. The molecule has 1 amide bonds. The molecule has 0 spiro atoms. The molecule has 0 unspecified atom stereocenters. The summed E-state index contributed by atoms with van der Waals surface area (Å²) in [6.07, 6.45) is 1.52. The zero-order chi connectivity index (χ0) is 22.9. The van der Waals surface area contributed by atoms with Crippen LogP contribution in [0.25, 0.3) is 17.4 Å². The van der Waals surface area contributed by atoms with Gasteiger partial charge in [0.05, 0.1) is 27.6 Å². The summed E-state index contributed by atoms with van der Waals surface area (Å²) in [5.74, 6) is 1.19. The van der Waals surface area contributed by atoms with Gasteiger partial charge < -0.3 is 4.42 Å². The van der Waals surface area contributed by atoms with Gasteiger partial charge in [-0.3, -0.25) is 10.2 Å². The minimum Gasteiger partial charge on any atom is -0.457 e. The number of amides is 1.